The molecule has 126 valence electrons. The Hall–Kier alpha value is -2.21. The van der Waals surface area contributed by atoms with Crippen LogP contribution in [0, 0.1) is 0 Å². The van der Waals surface area contributed by atoms with Crippen molar-refractivity contribution in [1.82, 2.24) is 0 Å². The zero-order chi connectivity index (χ0) is 17.4. The van der Waals surface area contributed by atoms with E-state index in [0.29, 0.717) is 5.75 Å². The molecule has 0 heterocycles. The fraction of sp³-hybridized carbons (Fsp3) is 0.167. The monoisotopic (exact) mass is 351 g/mol. The maximum absolute atomic E-state index is 12.8. The van der Waals surface area contributed by atoms with Gasteiger partial charge in [0.25, 0.3) is 0 Å². The zero-order valence-electron chi connectivity index (χ0n) is 12.7. The number of amides is 1. The van der Waals surface area contributed by atoms with Gasteiger partial charge in [-0.3, -0.25) is 4.79 Å². The molecule has 0 saturated carbocycles. The van der Waals surface area contributed by atoms with E-state index in [0.717, 1.165) is 11.6 Å². The maximum Gasteiger partial charge on any atom is 0.418 e. The van der Waals surface area contributed by atoms with Crippen LogP contribution in [0.3, 0.4) is 0 Å². The number of rotatable bonds is 6. The number of para-hydroxylation sites is 1. The molecule has 2 aromatic rings. The van der Waals surface area contributed by atoms with Crippen molar-refractivity contribution in [3.63, 3.8) is 0 Å². The lowest BCUT2D eigenvalue weighted by atomic mass is 10.1. The van der Waals surface area contributed by atoms with E-state index in [1.165, 1.54) is 30.0 Å². The summed E-state index contributed by atoms with van der Waals surface area (Å²) in [6.07, 6.45) is -0.643. The van der Waals surface area contributed by atoms with Crippen LogP contribution in [0.1, 0.15) is 11.1 Å². The van der Waals surface area contributed by atoms with Crippen LogP contribution in [0.2, 0.25) is 0 Å². The Bertz CT molecular complexity index is 699. The molecule has 24 heavy (non-hydrogen) atoms. The molecular formula is C18H16F3NOS. The zero-order valence-corrected chi connectivity index (χ0v) is 13.5. The highest BCUT2D eigenvalue weighted by atomic mass is 32.2. The first-order chi connectivity index (χ1) is 11.5. The van der Waals surface area contributed by atoms with Crippen molar-refractivity contribution in [2.45, 2.75) is 6.18 Å². The van der Waals surface area contributed by atoms with Crippen LogP contribution in [0.5, 0.6) is 0 Å². The summed E-state index contributed by atoms with van der Waals surface area (Å²) in [6.45, 7) is 0. The summed E-state index contributed by atoms with van der Waals surface area (Å²) in [4.78, 5) is 11.8. The molecule has 0 radical (unpaired) electrons. The SMILES string of the molecule is O=C(CSC/C=C\c1ccccc1)Nc1ccccc1C(F)(F)F. The molecule has 0 bridgehead atoms. The van der Waals surface area contributed by atoms with E-state index in [9.17, 15) is 18.0 Å². The van der Waals surface area contributed by atoms with E-state index in [4.69, 9.17) is 0 Å². The molecule has 2 aromatic carbocycles. The summed E-state index contributed by atoms with van der Waals surface area (Å²) < 4.78 is 38.5. The topological polar surface area (TPSA) is 29.1 Å². The molecule has 0 spiro atoms. The highest BCUT2D eigenvalue weighted by Gasteiger charge is 2.33. The summed E-state index contributed by atoms with van der Waals surface area (Å²) in [5.41, 5.74) is 0.00408. The van der Waals surface area contributed by atoms with Crippen LogP contribution in [-0.2, 0) is 11.0 Å². The summed E-state index contributed by atoms with van der Waals surface area (Å²) in [5, 5.41) is 2.32. The van der Waals surface area contributed by atoms with Gasteiger partial charge < -0.3 is 5.32 Å². The van der Waals surface area contributed by atoms with Crippen molar-refractivity contribution in [2.75, 3.05) is 16.8 Å². The summed E-state index contributed by atoms with van der Waals surface area (Å²) in [6, 6.07) is 14.7. The summed E-state index contributed by atoms with van der Waals surface area (Å²) in [7, 11) is 0. The molecule has 0 aliphatic rings. The van der Waals surface area contributed by atoms with Gasteiger partial charge in [-0.05, 0) is 17.7 Å². The number of hydrogen-bond donors (Lipinski definition) is 1. The minimum absolute atomic E-state index is 0.0886. The molecule has 0 atom stereocenters. The Morgan fingerprint density at radius 1 is 1.04 bits per heavy atom. The Morgan fingerprint density at radius 3 is 2.42 bits per heavy atom. The van der Waals surface area contributed by atoms with E-state index in [-0.39, 0.29) is 11.4 Å². The van der Waals surface area contributed by atoms with E-state index in [2.05, 4.69) is 5.32 Å². The lowest BCUT2D eigenvalue weighted by Crippen LogP contribution is -2.18. The van der Waals surface area contributed by atoms with Gasteiger partial charge in [0, 0.05) is 5.75 Å². The molecule has 0 aromatic heterocycles. The number of benzene rings is 2. The van der Waals surface area contributed by atoms with Gasteiger partial charge in [0.15, 0.2) is 0 Å². The normalized spacial score (nSPS) is 11.6. The molecule has 1 N–H and O–H groups in total. The summed E-state index contributed by atoms with van der Waals surface area (Å²) >= 11 is 1.33. The smallest absolute Gasteiger partial charge is 0.325 e. The lowest BCUT2D eigenvalue weighted by molar-refractivity contribution is -0.137. The van der Waals surface area contributed by atoms with Crippen LogP contribution in [0.4, 0.5) is 18.9 Å². The number of hydrogen-bond acceptors (Lipinski definition) is 2. The first kappa shape index (κ1) is 18.1. The van der Waals surface area contributed by atoms with Crippen LogP contribution in [0.15, 0.2) is 60.7 Å². The molecule has 0 fully saturated rings. The molecule has 0 unspecified atom stereocenters. The lowest BCUT2D eigenvalue weighted by Gasteiger charge is -2.13. The predicted molar refractivity (Wildman–Crippen MR) is 92.9 cm³/mol. The first-order valence-corrected chi connectivity index (χ1v) is 8.37. The molecule has 1 amide bonds. The highest BCUT2D eigenvalue weighted by molar-refractivity contribution is 8.00. The Labute approximate surface area is 142 Å². The third-order valence-electron chi connectivity index (χ3n) is 3.06. The largest absolute Gasteiger partial charge is 0.418 e. The van der Waals surface area contributed by atoms with E-state index >= 15 is 0 Å². The van der Waals surface area contributed by atoms with Crippen LogP contribution in [-0.4, -0.2) is 17.4 Å². The molecule has 6 heteroatoms. The molecule has 0 aliphatic carbocycles. The third-order valence-corrected chi connectivity index (χ3v) is 3.96. The third kappa shape index (κ3) is 5.77. The average Bonchev–Trinajstić information content (AvgIpc) is 2.55. The standard InChI is InChI=1S/C18H16F3NOS/c19-18(20,21)15-10-4-5-11-16(15)22-17(23)13-24-12-6-9-14-7-2-1-3-8-14/h1-11H,12-13H2,(H,22,23)/b9-6-. The van der Waals surface area contributed by atoms with Gasteiger partial charge in [-0.25, -0.2) is 0 Å². The molecule has 2 rings (SSSR count). The van der Waals surface area contributed by atoms with Gasteiger partial charge in [0.2, 0.25) is 5.91 Å². The van der Waals surface area contributed by atoms with Gasteiger partial charge in [0.1, 0.15) is 0 Å². The first-order valence-electron chi connectivity index (χ1n) is 7.22. The summed E-state index contributed by atoms with van der Waals surface area (Å²) in [5.74, 6) is 0.235. The van der Waals surface area contributed by atoms with Crippen molar-refractivity contribution >= 4 is 29.4 Å². The molecular weight excluding hydrogens is 335 g/mol. The minimum Gasteiger partial charge on any atom is -0.325 e. The number of nitrogens with one attached hydrogen (secondary N) is 1. The Kier molecular flexibility index (Phi) is 6.49. The predicted octanol–water partition coefficient (Wildman–Crippen LogP) is 5.09. The fourth-order valence-corrected chi connectivity index (χ4v) is 2.60. The number of thioether (sulfide) groups is 1. The average molecular weight is 351 g/mol. The number of carbonyl (C=O) groups is 1. The Morgan fingerprint density at radius 2 is 1.71 bits per heavy atom. The van der Waals surface area contributed by atoms with Crippen LogP contribution in [0.25, 0.3) is 6.08 Å². The minimum atomic E-state index is -4.49. The van der Waals surface area contributed by atoms with E-state index in [1.807, 2.05) is 42.5 Å². The Balaban J connectivity index is 1.81. The van der Waals surface area contributed by atoms with E-state index in [1.54, 1.807) is 0 Å². The van der Waals surface area contributed by atoms with Gasteiger partial charge in [0.05, 0.1) is 17.0 Å². The van der Waals surface area contributed by atoms with Gasteiger partial charge in [-0.2, -0.15) is 13.2 Å². The number of carbonyl (C=O) groups excluding carboxylic acids is 1. The van der Waals surface area contributed by atoms with Gasteiger partial charge in [-0.15, -0.1) is 11.8 Å². The molecule has 0 saturated heterocycles. The van der Waals surface area contributed by atoms with Gasteiger partial charge in [-0.1, -0.05) is 54.6 Å². The second-order valence-corrected chi connectivity index (χ2v) is 5.95. The number of alkyl halides is 3. The van der Waals surface area contributed by atoms with Crippen molar-refractivity contribution in [1.29, 1.82) is 0 Å². The van der Waals surface area contributed by atoms with Crippen molar-refractivity contribution < 1.29 is 18.0 Å². The van der Waals surface area contributed by atoms with Crippen LogP contribution >= 0.6 is 11.8 Å². The van der Waals surface area contributed by atoms with Gasteiger partial charge >= 0.3 is 6.18 Å². The van der Waals surface area contributed by atoms with Crippen LogP contribution < -0.4 is 5.32 Å². The fourth-order valence-electron chi connectivity index (χ4n) is 1.99. The molecule has 0 aliphatic heterocycles. The second kappa shape index (κ2) is 8.59. The van der Waals surface area contributed by atoms with Crippen molar-refractivity contribution in [3.8, 4) is 0 Å². The molecule has 2 nitrogen and oxygen atoms in total. The number of anilines is 1. The highest BCUT2D eigenvalue weighted by Crippen LogP contribution is 2.34. The number of halogens is 3. The van der Waals surface area contributed by atoms with E-state index < -0.39 is 17.6 Å². The maximum atomic E-state index is 12.8. The quantitative estimate of drug-likeness (QED) is 0.735. The van der Waals surface area contributed by atoms with Crippen molar-refractivity contribution in [3.05, 3.63) is 71.8 Å². The second-order valence-electron chi connectivity index (χ2n) is 4.92. The van der Waals surface area contributed by atoms with Crippen molar-refractivity contribution in [2.24, 2.45) is 0 Å².